The van der Waals surface area contributed by atoms with Gasteiger partial charge in [0.1, 0.15) is 5.82 Å². The summed E-state index contributed by atoms with van der Waals surface area (Å²) in [5.74, 6) is -0.434. The first-order chi connectivity index (χ1) is 10.6. The van der Waals surface area contributed by atoms with Gasteiger partial charge in [-0.15, -0.1) is 0 Å². The number of hydrogen-bond donors (Lipinski definition) is 2. The highest BCUT2D eigenvalue weighted by molar-refractivity contribution is 5.79. The Labute approximate surface area is 137 Å². The van der Waals surface area contributed by atoms with Crippen LogP contribution in [0.1, 0.15) is 26.3 Å². The van der Waals surface area contributed by atoms with Crippen LogP contribution in [-0.4, -0.2) is 49.4 Å². The van der Waals surface area contributed by atoms with Gasteiger partial charge in [-0.1, -0.05) is 12.1 Å². The van der Waals surface area contributed by atoms with Crippen molar-refractivity contribution in [3.63, 3.8) is 0 Å². The average Bonchev–Trinajstić information content (AvgIpc) is 2.38. The molecule has 0 bridgehead atoms. The van der Waals surface area contributed by atoms with E-state index in [0.29, 0.717) is 6.54 Å². The van der Waals surface area contributed by atoms with Crippen LogP contribution in [0.5, 0.6) is 0 Å². The predicted molar refractivity (Wildman–Crippen MR) is 87.4 cm³/mol. The van der Waals surface area contributed by atoms with Crippen molar-refractivity contribution in [2.24, 2.45) is 0 Å². The summed E-state index contributed by atoms with van der Waals surface area (Å²) in [6, 6.07) is 6.07. The summed E-state index contributed by atoms with van der Waals surface area (Å²) < 4.78 is 12.9. The highest BCUT2D eigenvalue weighted by Crippen LogP contribution is 2.05. The highest BCUT2D eigenvalue weighted by atomic mass is 19.1. The van der Waals surface area contributed by atoms with E-state index in [4.69, 9.17) is 0 Å². The molecule has 0 fully saturated rings. The van der Waals surface area contributed by atoms with E-state index < -0.39 is 0 Å². The maximum absolute atomic E-state index is 12.9. The first-order valence-corrected chi connectivity index (χ1v) is 7.67. The van der Waals surface area contributed by atoms with Crippen LogP contribution in [0.4, 0.5) is 4.39 Å². The van der Waals surface area contributed by atoms with Crippen LogP contribution in [0, 0.1) is 5.82 Å². The Hall–Kier alpha value is -1.95. The van der Waals surface area contributed by atoms with Crippen LogP contribution in [-0.2, 0) is 16.1 Å². The number of amides is 2. The third kappa shape index (κ3) is 7.74. The van der Waals surface area contributed by atoms with Crippen LogP contribution in [0.15, 0.2) is 24.3 Å². The molecule has 0 spiro atoms. The minimum Gasteiger partial charge on any atom is -0.347 e. The van der Waals surface area contributed by atoms with Crippen molar-refractivity contribution in [2.75, 3.05) is 27.2 Å². The van der Waals surface area contributed by atoms with E-state index in [2.05, 4.69) is 5.32 Å². The molecule has 1 aromatic rings. The molecule has 0 aliphatic heterocycles. The summed E-state index contributed by atoms with van der Waals surface area (Å²) in [5.41, 5.74) is 0.589. The molecular formula is C17H27FN3O2+. The maximum atomic E-state index is 12.9. The number of hydrogen-bond acceptors (Lipinski definition) is 2. The summed E-state index contributed by atoms with van der Waals surface area (Å²) in [5, 5.41) is 2.88. The molecule has 0 aliphatic rings. The molecule has 2 N–H and O–H groups in total. The Morgan fingerprint density at radius 3 is 2.26 bits per heavy atom. The second-order valence-electron chi connectivity index (χ2n) is 6.99. The van der Waals surface area contributed by atoms with Gasteiger partial charge < -0.3 is 15.1 Å². The van der Waals surface area contributed by atoms with Crippen LogP contribution >= 0.6 is 0 Å². The number of halogens is 1. The normalized spacial score (nSPS) is 12.6. The molecule has 23 heavy (non-hydrogen) atoms. The number of likely N-dealkylation sites (N-methyl/N-ethyl adjacent to an activating group) is 2. The van der Waals surface area contributed by atoms with Gasteiger partial charge in [0.25, 0.3) is 11.8 Å². The third-order valence-electron chi connectivity index (χ3n) is 3.19. The lowest BCUT2D eigenvalue weighted by molar-refractivity contribution is -0.863. The van der Waals surface area contributed by atoms with Crippen molar-refractivity contribution in [1.82, 2.24) is 10.2 Å². The molecule has 0 heterocycles. The van der Waals surface area contributed by atoms with Gasteiger partial charge in [0.2, 0.25) is 0 Å². The molecular weight excluding hydrogens is 297 g/mol. The molecule has 1 rings (SSSR count). The average molecular weight is 324 g/mol. The molecule has 0 aliphatic carbocycles. The number of carbonyl (C=O) groups excluding carboxylic acids is 2. The zero-order valence-electron chi connectivity index (χ0n) is 14.6. The summed E-state index contributed by atoms with van der Waals surface area (Å²) in [6.45, 7) is 6.65. The number of rotatable bonds is 6. The van der Waals surface area contributed by atoms with Crippen molar-refractivity contribution in [3.05, 3.63) is 35.6 Å². The second kappa shape index (κ2) is 8.06. The van der Waals surface area contributed by atoms with Gasteiger partial charge in [0.05, 0.1) is 7.05 Å². The SMILES string of the molecule is CN(Cc1ccc(F)cc1)C(=O)C[NH+](C)CC(=O)NC(C)(C)C. The molecule has 128 valence electrons. The number of nitrogens with one attached hydrogen (secondary N) is 2. The van der Waals surface area contributed by atoms with E-state index in [-0.39, 0.29) is 36.3 Å². The Bertz CT molecular complexity index is 538. The van der Waals surface area contributed by atoms with Crippen molar-refractivity contribution < 1.29 is 18.9 Å². The Kier molecular flexibility index (Phi) is 6.69. The smallest absolute Gasteiger partial charge is 0.277 e. The van der Waals surface area contributed by atoms with Crippen molar-refractivity contribution >= 4 is 11.8 Å². The van der Waals surface area contributed by atoms with Gasteiger partial charge in [-0.25, -0.2) is 4.39 Å². The van der Waals surface area contributed by atoms with Crippen LogP contribution in [0.25, 0.3) is 0 Å². The van der Waals surface area contributed by atoms with Gasteiger partial charge >= 0.3 is 0 Å². The predicted octanol–water partition coefficient (Wildman–Crippen LogP) is 0.214. The van der Waals surface area contributed by atoms with Crippen LogP contribution in [0.3, 0.4) is 0 Å². The molecule has 0 saturated carbocycles. The molecule has 6 heteroatoms. The zero-order chi connectivity index (χ0) is 17.6. The lowest BCUT2D eigenvalue weighted by atomic mass is 10.1. The first kappa shape index (κ1) is 19.1. The number of carbonyl (C=O) groups is 2. The number of benzene rings is 1. The summed E-state index contributed by atoms with van der Waals surface area (Å²) in [4.78, 5) is 26.4. The van der Waals surface area contributed by atoms with Gasteiger partial charge in [-0.05, 0) is 38.5 Å². The van der Waals surface area contributed by atoms with Crippen molar-refractivity contribution in [1.29, 1.82) is 0 Å². The molecule has 1 unspecified atom stereocenters. The molecule has 0 aromatic heterocycles. The Balaban J connectivity index is 2.44. The molecule has 1 aromatic carbocycles. The quantitative estimate of drug-likeness (QED) is 0.786. The van der Waals surface area contributed by atoms with Crippen molar-refractivity contribution in [2.45, 2.75) is 32.9 Å². The fraction of sp³-hybridized carbons (Fsp3) is 0.529. The molecule has 2 amide bonds. The standard InChI is InChI=1S/C17H26FN3O2/c1-17(2,3)19-15(22)11-20(4)12-16(23)21(5)10-13-6-8-14(18)9-7-13/h6-9H,10-12H2,1-5H3,(H,19,22)/p+1. The monoisotopic (exact) mass is 324 g/mol. The summed E-state index contributed by atoms with van der Waals surface area (Å²) in [7, 11) is 3.51. The molecule has 0 radical (unpaired) electrons. The van der Waals surface area contributed by atoms with E-state index in [0.717, 1.165) is 10.5 Å². The fourth-order valence-electron chi connectivity index (χ4n) is 2.14. The van der Waals surface area contributed by atoms with Gasteiger partial charge in [0.15, 0.2) is 13.1 Å². The molecule has 0 saturated heterocycles. The van der Waals surface area contributed by atoms with E-state index in [1.165, 1.54) is 12.1 Å². The first-order valence-electron chi connectivity index (χ1n) is 7.67. The lowest BCUT2D eigenvalue weighted by Gasteiger charge is -2.23. The number of quaternary nitrogens is 1. The minimum absolute atomic E-state index is 0.0598. The Morgan fingerprint density at radius 2 is 1.74 bits per heavy atom. The van der Waals surface area contributed by atoms with E-state index in [1.807, 2.05) is 27.8 Å². The third-order valence-corrected chi connectivity index (χ3v) is 3.19. The summed E-state index contributed by atoms with van der Waals surface area (Å²) in [6.07, 6.45) is 0. The van der Waals surface area contributed by atoms with Crippen LogP contribution in [0.2, 0.25) is 0 Å². The lowest BCUT2D eigenvalue weighted by Crippen LogP contribution is -3.11. The van der Waals surface area contributed by atoms with Gasteiger partial charge in [-0.2, -0.15) is 0 Å². The topological polar surface area (TPSA) is 53.9 Å². The number of nitrogens with zero attached hydrogens (tertiary/aromatic N) is 1. The second-order valence-corrected chi connectivity index (χ2v) is 6.99. The van der Waals surface area contributed by atoms with E-state index in [1.54, 1.807) is 24.1 Å². The largest absolute Gasteiger partial charge is 0.347 e. The van der Waals surface area contributed by atoms with E-state index >= 15 is 0 Å². The molecule has 5 nitrogen and oxygen atoms in total. The molecule has 1 atom stereocenters. The van der Waals surface area contributed by atoms with Gasteiger partial charge in [0, 0.05) is 19.1 Å². The zero-order valence-corrected chi connectivity index (χ0v) is 14.6. The van der Waals surface area contributed by atoms with Crippen LogP contribution < -0.4 is 10.2 Å². The highest BCUT2D eigenvalue weighted by Gasteiger charge is 2.20. The minimum atomic E-state index is -0.295. The summed E-state index contributed by atoms with van der Waals surface area (Å²) >= 11 is 0. The Morgan fingerprint density at radius 1 is 1.17 bits per heavy atom. The van der Waals surface area contributed by atoms with E-state index in [9.17, 15) is 14.0 Å². The fourth-order valence-corrected chi connectivity index (χ4v) is 2.14. The van der Waals surface area contributed by atoms with Gasteiger partial charge in [-0.3, -0.25) is 9.59 Å². The maximum Gasteiger partial charge on any atom is 0.277 e. The van der Waals surface area contributed by atoms with Crippen molar-refractivity contribution in [3.8, 4) is 0 Å².